The number of carbonyl (C=O) groups is 3. The minimum Gasteiger partial charge on any atom is -0.378 e. The molecule has 2 aliphatic heterocycles. The zero-order valence-electron chi connectivity index (χ0n) is 17.4. The van der Waals surface area contributed by atoms with Crippen LogP contribution in [0.5, 0.6) is 0 Å². The number of hydrogen-bond acceptors (Lipinski definition) is 5. The highest BCUT2D eigenvalue weighted by molar-refractivity contribution is 6.09. The molecule has 4 amide bonds. The quantitative estimate of drug-likeness (QED) is 0.695. The molecule has 0 aromatic heterocycles. The predicted octanol–water partition coefficient (Wildman–Crippen LogP) is 2.01. The van der Waals surface area contributed by atoms with Crippen molar-refractivity contribution in [1.82, 2.24) is 10.2 Å². The third-order valence-corrected chi connectivity index (χ3v) is 5.61. The molecule has 2 heterocycles. The summed E-state index contributed by atoms with van der Waals surface area (Å²) >= 11 is 0. The summed E-state index contributed by atoms with van der Waals surface area (Å²) in [4.78, 5) is 41.1. The molecular formula is C23H26N4O4. The molecule has 2 fully saturated rings. The average molecular weight is 422 g/mol. The average Bonchev–Trinajstić information content (AvgIpc) is 3.07. The van der Waals surface area contributed by atoms with Crippen molar-refractivity contribution in [3.05, 3.63) is 60.2 Å². The van der Waals surface area contributed by atoms with Crippen LogP contribution >= 0.6 is 0 Å². The molecule has 2 aliphatic rings. The number of benzene rings is 2. The second-order valence-electron chi connectivity index (χ2n) is 7.71. The van der Waals surface area contributed by atoms with Crippen LogP contribution in [-0.2, 0) is 20.7 Å². The molecule has 2 aromatic carbocycles. The highest BCUT2D eigenvalue weighted by atomic mass is 16.5. The van der Waals surface area contributed by atoms with Gasteiger partial charge in [-0.1, -0.05) is 30.3 Å². The third-order valence-electron chi connectivity index (χ3n) is 5.61. The minimum absolute atomic E-state index is 0.388. The highest BCUT2D eigenvalue weighted by Gasteiger charge is 2.42. The van der Waals surface area contributed by atoms with Crippen LogP contribution in [0.15, 0.2) is 54.6 Å². The fourth-order valence-corrected chi connectivity index (χ4v) is 3.84. The number of morpholine rings is 1. The molecule has 2 atom stereocenters. The minimum atomic E-state index is -0.924. The SMILES string of the molecule is CC(C(=O)Nc1ccc(N2CCOCC2)cc1)N1C(=O)NC(Cc2ccccc2)C1=O. The fourth-order valence-electron chi connectivity index (χ4n) is 3.84. The van der Waals surface area contributed by atoms with Crippen LogP contribution in [0.4, 0.5) is 16.2 Å². The molecule has 8 heteroatoms. The molecule has 2 saturated heterocycles. The monoisotopic (exact) mass is 422 g/mol. The molecule has 0 bridgehead atoms. The second-order valence-corrected chi connectivity index (χ2v) is 7.71. The van der Waals surface area contributed by atoms with E-state index in [-0.39, 0.29) is 5.91 Å². The molecule has 2 N–H and O–H groups in total. The predicted molar refractivity (Wildman–Crippen MR) is 117 cm³/mol. The van der Waals surface area contributed by atoms with Gasteiger partial charge in [0.2, 0.25) is 5.91 Å². The van der Waals surface area contributed by atoms with E-state index in [1.54, 1.807) is 6.92 Å². The van der Waals surface area contributed by atoms with Gasteiger partial charge in [0.15, 0.2) is 0 Å². The molecular weight excluding hydrogens is 396 g/mol. The number of amides is 4. The van der Waals surface area contributed by atoms with Gasteiger partial charge >= 0.3 is 6.03 Å². The summed E-state index contributed by atoms with van der Waals surface area (Å²) in [6, 6.07) is 14.8. The summed E-state index contributed by atoms with van der Waals surface area (Å²) in [7, 11) is 0. The van der Waals surface area contributed by atoms with E-state index in [1.165, 1.54) is 0 Å². The topological polar surface area (TPSA) is 91.0 Å². The Morgan fingerprint density at radius 1 is 1.10 bits per heavy atom. The van der Waals surface area contributed by atoms with E-state index in [4.69, 9.17) is 4.74 Å². The van der Waals surface area contributed by atoms with E-state index in [0.29, 0.717) is 25.3 Å². The summed E-state index contributed by atoms with van der Waals surface area (Å²) in [5.41, 5.74) is 2.62. The van der Waals surface area contributed by atoms with Crippen molar-refractivity contribution in [3.63, 3.8) is 0 Å². The van der Waals surface area contributed by atoms with Crippen LogP contribution in [0.3, 0.4) is 0 Å². The van der Waals surface area contributed by atoms with Gasteiger partial charge in [0.05, 0.1) is 13.2 Å². The fraction of sp³-hybridized carbons (Fsp3) is 0.348. The van der Waals surface area contributed by atoms with E-state index in [9.17, 15) is 14.4 Å². The lowest BCUT2D eigenvalue weighted by Gasteiger charge is -2.29. The van der Waals surface area contributed by atoms with Crippen molar-refractivity contribution in [2.24, 2.45) is 0 Å². The summed E-state index contributed by atoms with van der Waals surface area (Å²) < 4.78 is 5.37. The van der Waals surface area contributed by atoms with Crippen LogP contribution in [0.1, 0.15) is 12.5 Å². The Bertz CT molecular complexity index is 942. The van der Waals surface area contributed by atoms with Crippen LogP contribution in [-0.4, -0.2) is 61.1 Å². The molecule has 31 heavy (non-hydrogen) atoms. The maximum atomic E-state index is 12.8. The Balaban J connectivity index is 1.37. The Labute approximate surface area is 181 Å². The Hall–Kier alpha value is -3.39. The van der Waals surface area contributed by atoms with Gasteiger partial charge in [0.25, 0.3) is 5.91 Å². The Kier molecular flexibility index (Phi) is 6.18. The first-order valence-corrected chi connectivity index (χ1v) is 10.4. The molecule has 0 saturated carbocycles. The number of nitrogens with zero attached hydrogens (tertiary/aromatic N) is 2. The molecule has 0 radical (unpaired) electrons. The van der Waals surface area contributed by atoms with Crippen LogP contribution < -0.4 is 15.5 Å². The van der Waals surface area contributed by atoms with Crippen LogP contribution in [0.25, 0.3) is 0 Å². The number of urea groups is 1. The maximum absolute atomic E-state index is 12.8. The van der Waals surface area contributed by atoms with E-state index in [1.807, 2.05) is 54.6 Å². The maximum Gasteiger partial charge on any atom is 0.325 e. The summed E-state index contributed by atoms with van der Waals surface area (Å²) in [5.74, 6) is -0.804. The lowest BCUT2D eigenvalue weighted by Crippen LogP contribution is -2.46. The van der Waals surface area contributed by atoms with Crippen molar-refractivity contribution in [2.75, 3.05) is 36.5 Å². The van der Waals surface area contributed by atoms with Crippen molar-refractivity contribution < 1.29 is 19.1 Å². The van der Waals surface area contributed by atoms with Gasteiger partial charge in [-0.3, -0.25) is 14.5 Å². The normalized spacial score (nSPS) is 19.8. The Morgan fingerprint density at radius 3 is 2.45 bits per heavy atom. The standard InChI is InChI=1S/C23H26N4O4/c1-16(27-22(29)20(25-23(27)30)15-17-5-3-2-4-6-17)21(28)24-18-7-9-19(10-8-18)26-11-13-31-14-12-26/h2-10,16,20H,11-15H2,1H3,(H,24,28)(H,25,30). The summed E-state index contributed by atoms with van der Waals surface area (Å²) in [5, 5.41) is 5.49. The van der Waals surface area contributed by atoms with Crippen molar-refractivity contribution in [2.45, 2.75) is 25.4 Å². The lowest BCUT2D eigenvalue weighted by atomic mass is 10.1. The van der Waals surface area contributed by atoms with Gasteiger partial charge in [-0.05, 0) is 36.8 Å². The lowest BCUT2D eigenvalue weighted by molar-refractivity contribution is -0.133. The number of ether oxygens (including phenoxy) is 1. The number of rotatable bonds is 6. The molecule has 2 aromatic rings. The van der Waals surface area contributed by atoms with Crippen LogP contribution in [0.2, 0.25) is 0 Å². The van der Waals surface area contributed by atoms with Crippen molar-refractivity contribution >= 4 is 29.2 Å². The first kappa shape index (κ1) is 20.9. The Morgan fingerprint density at radius 2 is 1.77 bits per heavy atom. The number of hydrogen-bond donors (Lipinski definition) is 2. The van der Waals surface area contributed by atoms with Gasteiger partial charge in [-0.2, -0.15) is 0 Å². The van der Waals surface area contributed by atoms with E-state index < -0.39 is 24.0 Å². The molecule has 0 spiro atoms. The van der Waals surface area contributed by atoms with E-state index >= 15 is 0 Å². The van der Waals surface area contributed by atoms with Crippen molar-refractivity contribution in [3.8, 4) is 0 Å². The molecule has 4 rings (SSSR count). The van der Waals surface area contributed by atoms with Crippen molar-refractivity contribution in [1.29, 1.82) is 0 Å². The number of imide groups is 1. The number of nitrogens with one attached hydrogen (secondary N) is 2. The molecule has 0 aliphatic carbocycles. The summed E-state index contributed by atoms with van der Waals surface area (Å²) in [6.45, 7) is 4.62. The first-order chi connectivity index (χ1) is 15.0. The zero-order chi connectivity index (χ0) is 21.8. The largest absolute Gasteiger partial charge is 0.378 e. The van der Waals surface area contributed by atoms with E-state index in [2.05, 4.69) is 15.5 Å². The number of carbonyl (C=O) groups excluding carboxylic acids is 3. The molecule has 162 valence electrons. The van der Waals surface area contributed by atoms with E-state index in [0.717, 1.165) is 29.2 Å². The molecule has 8 nitrogen and oxygen atoms in total. The van der Waals surface area contributed by atoms with Crippen LogP contribution in [0, 0.1) is 0 Å². The summed E-state index contributed by atoms with van der Waals surface area (Å²) in [6.07, 6.45) is 0.388. The van der Waals surface area contributed by atoms with Gasteiger partial charge in [-0.25, -0.2) is 4.79 Å². The highest BCUT2D eigenvalue weighted by Crippen LogP contribution is 2.20. The van der Waals surface area contributed by atoms with Gasteiger partial charge in [-0.15, -0.1) is 0 Å². The molecule has 2 unspecified atom stereocenters. The first-order valence-electron chi connectivity index (χ1n) is 10.4. The zero-order valence-corrected chi connectivity index (χ0v) is 17.4. The third kappa shape index (κ3) is 4.69. The smallest absolute Gasteiger partial charge is 0.325 e. The van der Waals surface area contributed by atoms with Gasteiger partial charge < -0.3 is 20.3 Å². The van der Waals surface area contributed by atoms with Gasteiger partial charge in [0.1, 0.15) is 12.1 Å². The number of anilines is 2. The second kappa shape index (κ2) is 9.18. The van der Waals surface area contributed by atoms with Gasteiger partial charge in [0, 0.05) is 30.9 Å².